The summed E-state index contributed by atoms with van der Waals surface area (Å²) in [5.41, 5.74) is -0.0762. The van der Waals surface area contributed by atoms with Crippen LogP contribution in [0.4, 0.5) is 23.1 Å². The molecule has 2 saturated heterocycles. The fraction of sp³-hybridized carbons (Fsp3) is 0.545. The summed E-state index contributed by atoms with van der Waals surface area (Å²) in [6.45, 7) is 6.53. The number of hydrogen-bond donors (Lipinski definition) is 1. The number of aromatic nitrogens is 3. The molecule has 0 unspecified atom stereocenters. The fourth-order valence-corrected chi connectivity index (χ4v) is 4.67. The second-order valence-corrected chi connectivity index (χ2v) is 8.39. The van der Waals surface area contributed by atoms with Crippen molar-refractivity contribution in [2.75, 3.05) is 48.0 Å². The summed E-state index contributed by atoms with van der Waals surface area (Å²) in [5, 5.41) is 17.7. The predicted molar refractivity (Wildman–Crippen MR) is 116 cm³/mol. The summed E-state index contributed by atoms with van der Waals surface area (Å²) in [7, 11) is 0. The summed E-state index contributed by atoms with van der Waals surface area (Å²) < 4.78 is 7.43. The van der Waals surface area contributed by atoms with Crippen LogP contribution in [0.3, 0.4) is 0 Å². The van der Waals surface area contributed by atoms with Gasteiger partial charge in [0.15, 0.2) is 5.82 Å². The van der Waals surface area contributed by atoms with E-state index in [1.807, 2.05) is 22.9 Å². The predicted octanol–water partition coefficient (Wildman–Crippen LogP) is 2.53. The monoisotopic (exact) mass is 421 g/mol. The van der Waals surface area contributed by atoms with Crippen molar-refractivity contribution in [3.8, 4) is 6.07 Å². The van der Waals surface area contributed by atoms with Crippen LogP contribution in [0, 0.1) is 22.7 Å². The Kier molecular flexibility index (Phi) is 5.02. The van der Waals surface area contributed by atoms with Crippen LogP contribution in [-0.2, 0) is 16.1 Å². The number of nitrogens with one attached hydrogen (secondary N) is 1. The van der Waals surface area contributed by atoms with Gasteiger partial charge in [0.2, 0.25) is 5.91 Å². The molecule has 1 atom stereocenters. The maximum absolute atomic E-state index is 13.1. The maximum atomic E-state index is 13.1. The molecule has 0 spiro atoms. The van der Waals surface area contributed by atoms with E-state index < -0.39 is 5.41 Å². The number of anilines is 4. The molecule has 1 aliphatic carbocycles. The Morgan fingerprint density at radius 1 is 1.26 bits per heavy atom. The van der Waals surface area contributed by atoms with E-state index in [1.165, 1.54) is 0 Å². The van der Waals surface area contributed by atoms with E-state index in [9.17, 15) is 10.1 Å². The number of nitriles is 1. The molecule has 0 radical (unpaired) electrons. The number of hydrogen-bond acceptors (Lipinski definition) is 7. The summed E-state index contributed by atoms with van der Waals surface area (Å²) in [6.07, 6.45) is 4.24. The van der Waals surface area contributed by atoms with Crippen LogP contribution in [0.25, 0.3) is 0 Å². The van der Waals surface area contributed by atoms with Crippen molar-refractivity contribution in [3.05, 3.63) is 24.4 Å². The first-order chi connectivity index (χ1) is 15.1. The van der Waals surface area contributed by atoms with Crippen molar-refractivity contribution in [2.24, 2.45) is 11.3 Å². The smallest absolute Gasteiger partial charge is 0.247 e. The highest BCUT2D eigenvalue weighted by Gasteiger charge is 2.56. The third-order valence-electron chi connectivity index (χ3n) is 6.53. The Labute approximate surface area is 181 Å². The van der Waals surface area contributed by atoms with Crippen molar-refractivity contribution in [1.29, 1.82) is 5.26 Å². The number of carbonyl (C=O) groups excluding carboxylic acids is 1. The van der Waals surface area contributed by atoms with E-state index in [4.69, 9.17) is 4.74 Å². The van der Waals surface area contributed by atoms with Crippen molar-refractivity contribution >= 4 is 29.0 Å². The minimum atomic E-state index is -0.843. The van der Waals surface area contributed by atoms with E-state index >= 15 is 0 Å². The number of pyridine rings is 1. The molecular weight excluding hydrogens is 394 g/mol. The van der Waals surface area contributed by atoms with Gasteiger partial charge in [-0.05, 0) is 38.2 Å². The van der Waals surface area contributed by atoms with Crippen LogP contribution in [-0.4, -0.2) is 53.5 Å². The molecule has 9 heteroatoms. The van der Waals surface area contributed by atoms with E-state index in [0.717, 1.165) is 57.2 Å². The third-order valence-corrected chi connectivity index (χ3v) is 6.53. The minimum absolute atomic E-state index is 0.0699. The van der Waals surface area contributed by atoms with Crippen LogP contribution in [0.5, 0.6) is 0 Å². The van der Waals surface area contributed by atoms with Gasteiger partial charge in [-0.3, -0.25) is 4.79 Å². The molecule has 2 aromatic heterocycles. The molecule has 1 saturated carbocycles. The molecule has 5 rings (SSSR count). The van der Waals surface area contributed by atoms with Gasteiger partial charge in [0, 0.05) is 50.2 Å². The topological polar surface area (TPSA) is 99.3 Å². The summed E-state index contributed by atoms with van der Waals surface area (Å²) in [5.74, 6) is 2.54. The summed E-state index contributed by atoms with van der Waals surface area (Å²) in [4.78, 5) is 21.5. The number of amides is 1. The van der Waals surface area contributed by atoms with E-state index in [2.05, 4.69) is 33.3 Å². The zero-order valence-electron chi connectivity index (χ0n) is 17.8. The first kappa shape index (κ1) is 19.8. The van der Waals surface area contributed by atoms with Crippen LogP contribution >= 0.6 is 0 Å². The molecule has 1 amide bonds. The Bertz CT molecular complexity index is 1020. The first-order valence-corrected chi connectivity index (χ1v) is 11.0. The highest BCUT2D eigenvalue weighted by atomic mass is 16.5. The molecule has 9 nitrogen and oxygen atoms in total. The minimum Gasteiger partial charge on any atom is -0.378 e. The maximum Gasteiger partial charge on any atom is 0.247 e. The molecule has 4 heterocycles. The van der Waals surface area contributed by atoms with Crippen LogP contribution in [0.2, 0.25) is 0 Å². The average molecular weight is 422 g/mol. The molecule has 2 aliphatic heterocycles. The lowest BCUT2D eigenvalue weighted by Gasteiger charge is -2.28. The standard InChI is InChI=1S/C22H27N7O2/c1-2-29-20(27-9-11-31-12-10-27)14-19(26-29)25-18-13-17(5-7-24-18)28-8-6-22(15-23,21(28)30)16-3-4-16/h5,7,13-14,16H,2-4,6,8-12H2,1H3,(H,24,25,26)/t22-/m1/s1. The molecular formula is C22H27N7O2. The van der Waals surface area contributed by atoms with Gasteiger partial charge in [0.25, 0.3) is 0 Å². The summed E-state index contributed by atoms with van der Waals surface area (Å²) in [6, 6.07) is 8.05. The highest BCUT2D eigenvalue weighted by molar-refractivity contribution is 6.02. The zero-order chi connectivity index (χ0) is 21.4. The van der Waals surface area contributed by atoms with Crippen LogP contribution in [0.15, 0.2) is 24.4 Å². The number of rotatable bonds is 6. The fourth-order valence-electron chi connectivity index (χ4n) is 4.67. The Hall–Kier alpha value is -3.12. The summed E-state index contributed by atoms with van der Waals surface area (Å²) >= 11 is 0. The van der Waals surface area contributed by atoms with Gasteiger partial charge < -0.3 is 19.9 Å². The number of nitrogens with zero attached hydrogens (tertiary/aromatic N) is 6. The third kappa shape index (κ3) is 3.51. The van der Waals surface area contributed by atoms with Crippen LogP contribution in [0.1, 0.15) is 26.2 Å². The number of carbonyl (C=O) groups is 1. The molecule has 0 aromatic carbocycles. The van der Waals surface area contributed by atoms with E-state index in [-0.39, 0.29) is 11.8 Å². The number of morpholine rings is 1. The Morgan fingerprint density at radius 2 is 2.06 bits per heavy atom. The van der Waals surface area contributed by atoms with Crippen molar-refractivity contribution in [2.45, 2.75) is 32.7 Å². The van der Waals surface area contributed by atoms with Gasteiger partial charge in [0.1, 0.15) is 17.1 Å². The molecule has 1 N–H and O–H groups in total. The number of ether oxygens (including phenoxy) is 1. The second-order valence-electron chi connectivity index (χ2n) is 8.39. The van der Waals surface area contributed by atoms with Gasteiger partial charge in [0.05, 0.1) is 19.3 Å². The SMILES string of the molecule is CCn1nc(Nc2cc(N3CC[C@@](C#N)(C4CC4)C3=O)ccn2)cc1N1CCOCC1. The van der Waals surface area contributed by atoms with Gasteiger partial charge in [-0.2, -0.15) is 10.4 Å². The molecule has 2 aromatic rings. The molecule has 0 bridgehead atoms. The van der Waals surface area contributed by atoms with Gasteiger partial charge in [-0.15, -0.1) is 0 Å². The van der Waals surface area contributed by atoms with Crippen molar-refractivity contribution < 1.29 is 9.53 Å². The second kappa shape index (κ2) is 7.85. The molecule has 31 heavy (non-hydrogen) atoms. The highest BCUT2D eigenvalue weighted by Crippen LogP contribution is 2.51. The normalized spacial score (nSPS) is 23.8. The van der Waals surface area contributed by atoms with Crippen molar-refractivity contribution in [3.63, 3.8) is 0 Å². The van der Waals surface area contributed by atoms with Gasteiger partial charge in [-0.25, -0.2) is 9.67 Å². The zero-order valence-corrected chi connectivity index (χ0v) is 17.8. The number of aryl methyl sites for hydroxylation is 1. The lowest BCUT2D eigenvalue weighted by atomic mass is 9.83. The van der Waals surface area contributed by atoms with Crippen molar-refractivity contribution in [1.82, 2.24) is 14.8 Å². The molecule has 3 aliphatic rings. The first-order valence-electron chi connectivity index (χ1n) is 11.0. The largest absolute Gasteiger partial charge is 0.378 e. The lowest BCUT2D eigenvalue weighted by Crippen LogP contribution is -2.37. The van der Waals surface area contributed by atoms with Crippen LogP contribution < -0.4 is 15.1 Å². The quantitative estimate of drug-likeness (QED) is 0.765. The van der Waals surface area contributed by atoms with E-state index in [0.29, 0.717) is 24.6 Å². The Morgan fingerprint density at radius 3 is 2.77 bits per heavy atom. The van der Waals surface area contributed by atoms with Gasteiger partial charge in [-0.1, -0.05) is 0 Å². The Balaban J connectivity index is 1.35. The lowest BCUT2D eigenvalue weighted by molar-refractivity contribution is -0.123. The van der Waals surface area contributed by atoms with E-state index in [1.54, 1.807) is 11.1 Å². The average Bonchev–Trinajstić information content (AvgIpc) is 3.49. The molecule has 3 fully saturated rings. The van der Waals surface area contributed by atoms with Gasteiger partial charge >= 0.3 is 0 Å². The molecule has 162 valence electrons.